The Labute approximate surface area is 224 Å². The summed E-state index contributed by atoms with van der Waals surface area (Å²) in [5, 5.41) is 3.37. The van der Waals surface area contributed by atoms with Crippen molar-refractivity contribution in [2.75, 3.05) is 45.8 Å². The largest absolute Gasteiger partial charge is 0.497 e. The van der Waals surface area contributed by atoms with Crippen molar-refractivity contribution in [2.24, 2.45) is 0 Å². The summed E-state index contributed by atoms with van der Waals surface area (Å²) >= 11 is 0. The lowest BCUT2D eigenvalue weighted by Crippen LogP contribution is -2.33. The highest BCUT2D eigenvalue weighted by Gasteiger charge is 2.11. The molecule has 0 radical (unpaired) electrons. The van der Waals surface area contributed by atoms with Crippen LogP contribution in [0.2, 0.25) is 0 Å². The minimum Gasteiger partial charge on any atom is -0.497 e. The summed E-state index contributed by atoms with van der Waals surface area (Å²) in [6.07, 6.45) is 3.94. The first-order valence-electron chi connectivity index (χ1n) is 13.1. The molecule has 1 aliphatic heterocycles. The van der Waals surface area contributed by atoms with E-state index >= 15 is 0 Å². The van der Waals surface area contributed by atoms with Gasteiger partial charge in [-0.25, -0.2) is 9.97 Å². The Morgan fingerprint density at radius 3 is 1.74 bits per heavy atom. The van der Waals surface area contributed by atoms with Crippen LogP contribution in [0.3, 0.4) is 0 Å². The van der Waals surface area contributed by atoms with Gasteiger partial charge in [-0.1, -0.05) is 6.42 Å². The smallest absolute Gasteiger partial charge is 0.228 e. The number of hydrogen-bond acceptors (Lipinski definition) is 7. The average Bonchev–Trinajstić information content (AvgIpc) is 2.98. The number of aromatic nitrogens is 2. The van der Waals surface area contributed by atoms with Crippen molar-refractivity contribution in [3.8, 4) is 39.8 Å². The molecule has 196 valence electrons. The molecule has 1 fully saturated rings. The van der Waals surface area contributed by atoms with Crippen LogP contribution in [0.5, 0.6) is 17.2 Å². The molecular formula is C31H34N4O3. The molecule has 0 spiro atoms. The van der Waals surface area contributed by atoms with Crippen LogP contribution in [0.4, 0.5) is 11.6 Å². The van der Waals surface area contributed by atoms with Crippen LogP contribution in [0, 0.1) is 0 Å². The maximum atomic E-state index is 5.98. The van der Waals surface area contributed by atoms with E-state index in [1.165, 1.54) is 32.4 Å². The first kappa shape index (κ1) is 25.5. The molecule has 0 atom stereocenters. The number of rotatable bonds is 10. The second-order valence-corrected chi connectivity index (χ2v) is 9.32. The van der Waals surface area contributed by atoms with E-state index in [9.17, 15) is 0 Å². The number of ether oxygens (including phenoxy) is 3. The highest BCUT2D eigenvalue weighted by Crippen LogP contribution is 2.29. The van der Waals surface area contributed by atoms with Gasteiger partial charge in [0.1, 0.15) is 23.9 Å². The number of methoxy groups -OCH3 is 2. The number of nitrogens with zero attached hydrogens (tertiary/aromatic N) is 3. The normalized spacial score (nSPS) is 13.6. The molecule has 7 nitrogen and oxygen atoms in total. The molecule has 1 aliphatic rings. The van der Waals surface area contributed by atoms with Gasteiger partial charge in [0.15, 0.2) is 0 Å². The van der Waals surface area contributed by atoms with Gasteiger partial charge >= 0.3 is 0 Å². The van der Waals surface area contributed by atoms with Gasteiger partial charge in [-0.15, -0.1) is 0 Å². The van der Waals surface area contributed by atoms with Gasteiger partial charge in [0.05, 0.1) is 25.6 Å². The van der Waals surface area contributed by atoms with E-state index in [4.69, 9.17) is 24.2 Å². The molecule has 1 aromatic heterocycles. The third-order valence-electron chi connectivity index (χ3n) is 6.73. The molecule has 1 N–H and O–H groups in total. The summed E-state index contributed by atoms with van der Waals surface area (Å²) in [6.45, 7) is 4.03. The van der Waals surface area contributed by atoms with Crippen molar-refractivity contribution in [2.45, 2.75) is 19.3 Å². The molecule has 7 heteroatoms. The second-order valence-electron chi connectivity index (χ2n) is 9.32. The molecular weight excluding hydrogens is 476 g/mol. The van der Waals surface area contributed by atoms with Crippen LogP contribution < -0.4 is 19.5 Å². The Morgan fingerprint density at radius 1 is 0.684 bits per heavy atom. The highest BCUT2D eigenvalue weighted by atomic mass is 16.5. The maximum absolute atomic E-state index is 5.98. The molecule has 0 aliphatic carbocycles. The number of nitrogens with one attached hydrogen (secondary N) is 1. The predicted octanol–water partition coefficient (Wildman–Crippen LogP) is 6.44. The molecule has 5 rings (SSSR count). The Bertz CT molecular complexity index is 1240. The number of piperidine rings is 1. The third kappa shape index (κ3) is 6.61. The van der Waals surface area contributed by atoms with E-state index in [1.54, 1.807) is 14.2 Å². The van der Waals surface area contributed by atoms with Crippen molar-refractivity contribution in [1.29, 1.82) is 0 Å². The van der Waals surface area contributed by atoms with E-state index in [-0.39, 0.29) is 0 Å². The van der Waals surface area contributed by atoms with E-state index in [2.05, 4.69) is 10.2 Å². The minimum absolute atomic E-state index is 0.517. The van der Waals surface area contributed by atoms with Crippen LogP contribution in [0.1, 0.15) is 19.3 Å². The Balaban J connectivity index is 1.33. The number of hydrogen-bond donors (Lipinski definition) is 1. The summed E-state index contributed by atoms with van der Waals surface area (Å²) in [5.41, 5.74) is 4.47. The van der Waals surface area contributed by atoms with Crippen LogP contribution in [-0.4, -0.2) is 55.3 Å². The monoisotopic (exact) mass is 510 g/mol. The van der Waals surface area contributed by atoms with Gasteiger partial charge in [-0.05, 0) is 105 Å². The van der Waals surface area contributed by atoms with Gasteiger partial charge in [0.2, 0.25) is 5.95 Å². The van der Waals surface area contributed by atoms with Crippen molar-refractivity contribution < 1.29 is 14.2 Å². The topological polar surface area (TPSA) is 68.7 Å². The molecule has 0 amide bonds. The first-order valence-corrected chi connectivity index (χ1v) is 13.1. The van der Waals surface area contributed by atoms with Gasteiger partial charge < -0.3 is 19.5 Å². The van der Waals surface area contributed by atoms with Crippen molar-refractivity contribution >= 4 is 11.6 Å². The molecule has 0 unspecified atom stereocenters. The van der Waals surface area contributed by atoms with Gasteiger partial charge in [-0.3, -0.25) is 4.90 Å². The van der Waals surface area contributed by atoms with Crippen molar-refractivity contribution in [3.63, 3.8) is 0 Å². The SMILES string of the molecule is COc1ccc(-c2cc(-c3ccc(OC)cc3)nc(Nc3ccc(OCCN4CCCCC4)cc3)n2)cc1. The van der Waals surface area contributed by atoms with Crippen LogP contribution in [0.15, 0.2) is 78.9 Å². The lowest BCUT2D eigenvalue weighted by atomic mass is 10.1. The van der Waals surface area contributed by atoms with Gasteiger partial charge in [-0.2, -0.15) is 0 Å². The quantitative estimate of drug-likeness (QED) is 0.263. The highest BCUT2D eigenvalue weighted by molar-refractivity contribution is 5.71. The van der Waals surface area contributed by atoms with E-state index in [1.807, 2.05) is 78.9 Å². The van der Waals surface area contributed by atoms with E-state index in [0.717, 1.165) is 52.0 Å². The van der Waals surface area contributed by atoms with E-state index < -0.39 is 0 Å². The Hall–Kier alpha value is -4.10. The van der Waals surface area contributed by atoms with Crippen LogP contribution in [-0.2, 0) is 0 Å². The number of anilines is 2. The van der Waals surface area contributed by atoms with Gasteiger partial charge in [0, 0.05) is 23.4 Å². The van der Waals surface area contributed by atoms with E-state index in [0.29, 0.717) is 12.6 Å². The molecule has 1 saturated heterocycles. The zero-order valence-corrected chi connectivity index (χ0v) is 22.0. The molecule has 0 saturated carbocycles. The average molecular weight is 511 g/mol. The van der Waals surface area contributed by atoms with Crippen LogP contribution in [0.25, 0.3) is 22.5 Å². The second kappa shape index (κ2) is 12.4. The summed E-state index contributed by atoms with van der Waals surface area (Å²) in [7, 11) is 3.32. The summed E-state index contributed by atoms with van der Waals surface area (Å²) in [6, 6.07) is 25.7. The maximum Gasteiger partial charge on any atom is 0.228 e. The fourth-order valence-corrected chi connectivity index (χ4v) is 4.56. The zero-order chi connectivity index (χ0) is 26.2. The van der Waals surface area contributed by atoms with Gasteiger partial charge in [0.25, 0.3) is 0 Å². The molecule has 2 heterocycles. The third-order valence-corrected chi connectivity index (χ3v) is 6.73. The molecule has 0 bridgehead atoms. The first-order chi connectivity index (χ1) is 18.7. The number of likely N-dealkylation sites (tertiary alicyclic amines) is 1. The van der Waals surface area contributed by atoms with Crippen molar-refractivity contribution in [1.82, 2.24) is 14.9 Å². The molecule has 4 aromatic rings. The summed E-state index contributed by atoms with van der Waals surface area (Å²) in [5.74, 6) is 2.98. The molecule has 3 aromatic carbocycles. The summed E-state index contributed by atoms with van der Waals surface area (Å²) < 4.78 is 16.6. The Morgan fingerprint density at radius 2 is 1.21 bits per heavy atom. The fourth-order valence-electron chi connectivity index (χ4n) is 4.56. The molecule has 38 heavy (non-hydrogen) atoms. The summed E-state index contributed by atoms with van der Waals surface area (Å²) in [4.78, 5) is 12.1. The fraction of sp³-hybridized carbons (Fsp3) is 0.290. The minimum atomic E-state index is 0.517. The van der Waals surface area contributed by atoms with Crippen LogP contribution >= 0.6 is 0 Å². The standard InChI is InChI=1S/C31H34N4O3/c1-36-26-12-6-23(7-13-26)29-22-30(24-8-14-27(37-2)15-9-24)34-31(33-29)32-25-10-16-28(17-11-25)38-21-20-35-18-4-3-5-19-35/h6-17,22H,3-5,18-21H2,1-2H3,(H,32,33,34). The Kier molecular flexibility index (Phi) is 8.36. The lowest BCUT2D eigenvalue weighted by molar-refractivity contribution is 0.183. The number of benzene rings is 3. The predicted molar refractivity (Wildman–Crippen MR) is 152 cm³/mol. The zero-order valence-electron chi connectivity index (χ0n) is 22.0. The lowest BCUT2D eigenvalue weighted by Gasteiger charge is -2.26. The van der Waals surface area contributed by atoms with Crippen molar-refractivity contribution in [3.05, 3.63) is 78.9 Å².